The summed E-state index contributed by atoms with van der Waals surface area (Å²) < 4.78 is 52.6. The number of piperidine rings is 1. The zero-order valence-corrected chi connectivity index (χ0v) is 15.2. The lowest BCUT2D eigenvalue weighted by Gasteiger charge is -2.30. The molecular weight excluding hydrogens is 382 g/mol. The van der Waals surface area contributed by atoms with Crippen molar-refractivity contribution >= 4 is 27.8 Å². The van der Waals surface area contributed by atoms with Crippen LogP contribution in [0.1, 0.15) is 23.2 Å². The number of halogens is 2. The molecule has 0 aliphatic carbocycles. The average Bonchev–Trinajstić information content (AvgIpc) is 2.94. The highest BCUT2D eigenvalue weighted by Gasteiger charge is 2.27. The van der Waals surface area contributed by atoms with Crippen molar-refractivity contribution < 1.29 is 22.0 Å². The zero-order chi connectivity index (χ0) is 19.8. The number of sulfonamides is 1. The van der Waals surface area contributed by atoms with Crippen molar-refractivity contribution in [3.05, 3.63) is 35.4 Å². The Labute approximate surface area is 154 Å². The van der Waals surface area contributed by atoms with Crippen molar-refractivity contribution in [3.63, 3.8) is 0 Å². The molecule has 9 nitrogen and oxygen atoms in total. The van der Waals surface area contributed by atoms with E-state index >= 15 is 0 Å². The molecule has 146 valence electrons. The highest BCUT2D eigenvalue weighted by molar-refractivity contribution is 7.88. The van der Waals surface area contributed by atoms with Crippen molar-refractivity contribution in [2.24, 2.45) is 0 Å². The van der Waals surface area contributed by atoms with E-state index < -0.39 is 33.1 Å². The number of rotatable bonds is 4. The van der Waals surface area contributed by atoms with E-state index in [2.05, 4.69) is 15.4 Å². The predicted octanol–water partition coefficient (Wildman–Crippen LogP) is 0.663. The van der Waals surface area contributed by atoms with Gasteiger partial charge in [0.1, 0.15) is 17.2 Å². The molecule has 0 unspecified atom stereocenters. The number of nitrogen functional groups attached to an aromatic ring is 1. The first-order valence-corrected chi connectivity index (χ1v) is 9.94. The second-order valence-electron chi connectivity index (χ2n) is 6.19. The maximum absolute atomic E-state index is 13.8. The Hall–Kier alpha value is -2.60. The van der Waals surface area contributed by atoms with Crippen LogP contribution >= 0.6 is 0 Å². The quantitative estimate of drug-likeness (QED) is 0.773. The summed E-state index contributed by atoms with van der Waals surface area (Å²) in [6, 6.07) is 2.93. The van der Waals surface area contributed by atoms with Crippen LogP contribution in [-0.2, 0) is 10.0 Å². The summed E-state index contributed by atoms with van der Waals surface area (Å²) in [5.41, 5.74) is 4.88. The fourth-order valence-corrected chi connectivity index (χ4v) is 3.73. The highest BCUT2D eigenvalue weighted by atomic mass is 32.2. The lowest BCUT2D eigenvalue weighted by Crippen LogP contribution is -2.42. The van der Waals surface area contributed by atoms with Crippen LogP contribution in [0.4, 0.5) is 20.7 Å². The SMILES string of the molecule is CS(=O)(=O)N1CCC(Nc2nc(N)n(C(=O)c3c(F)cccc3F)n2)CC1. The molecule has 0 amide bonds. The molecule has 1 saturated heterocycles. The Morgan fingerprint density at radius 2 is 1.85 bits per heavy atom. The van der Waals surface area contributed by atoms with Gasteiger partial charge in [-0.05, 0) is 25.0 Å². The third-order valence-corrected chi connectivity index (χ3v) is 5.56. The minimum absolute atomic E-state index is 0.0235. The lowest BCUT2D eigenvalue weighted by molar-refractivity contribution is 0.0939. The van der Waals surface area contributed by atoms with Gasteiger partial charge in [0.25, 0.3) is 5.91 Å². The van der Waals surface area contributed by atoms with Gasteiger partial charge in [-0.25, -0.2) is 21.5 Å². The molecule has 1 aliphatic heterocycles. The normalized spacial score (nSPS) is 16.4. The third-order valence-electron chi connectivity index (χ3n) is 4.26. The number of carbonyl (C=O) groups is 1. The van der Waals surface area contributed by atoms with Gasteiger partial charge in [-0.3, -0.25) is 4.79 Å². The Morgan fingerprint density at radius 3 is 2.41 bits per heavy atom. The second-order valence-corrected chi connectivity index (χ2v) is 8.17. The summed E-state index contributed by atoms with van der Waals surface area (Å²) in [5, 5.41) is 6.85. The third kappa shape index (κ3) is 4.06. The van der Waals surface area contributed by atoms with Gasteiger partial charge in [-0.1, -0.05) is 6.07 Å². The van der Waals surface area contributed by atoms with Crippen molar-refractivity contribution in [2.75, 3.05) is 30.4 Å². The van der Waals surface area contributed by atoms with Gasteiger partial charge < -0.3 is 11.1 Å². The summed E-state index contributed by atoms with van der Waals surface area (Å²) in [6.07, 6.45) is 2.17. The Kier molecular flexibility index (Phi) is 5.11. The van der Waals surface area contributed by atoms with Crippen LogP contribution in [0.25, 0.3) is 0 Å². The topological polar surface area (TPSA) is 123 Å². The minimum Gasteiger partial charge on any atom is -0.368 e. The van der Waals surface area contributed by atoms with Crippen molar-refractivity contribution in [1.82, 2.24) is 19.1 Å². The van der Waals surface area contributed by atoms with Crippen LogP contribution in [0.15, 0.2) is 18.2 Å². The molecule has 1 aliphatic rings. The first kappa shape index (κ1) is 19.2. The first-order chi connectivity index (χ1) is 12.7. The molecule has 3 rings (SSSR count). The molecule has 0 spiro atoms. The summed E-state index contributed by atoms with van der Waals surface area (Å²) in [6.45, 7) is 0.679. The fourth-order valence-electron chi connectivity index (χ4n) is 2.86. The maximum Gasteiger partial charge on any atom is 0.287 e. The minimum atomic E-state index is -3.24. The maximum atomic E-state index is 13.8. The molecule has 0 atom stereocenters. The Morgan fingerprint density at radius 1 is 1.26 bits per heavy atom. The molecule has 0 bridgehead atoms. The molecule has 1 aromatic heterocycles. The molecule has 0 saturated carbocycles. The summed E-state index contributed by atoms with van der Waals surface area (Å²) in [4.78, 5) is 16.3. The fraction of sp³-hybridized carbons (Fsp3) is 0.400. The number of nitrogens with one attached hydrogen (secondary N) is 1. The van der Waals surface area contributed by atoms with E-state index in [9.17, 15) is 22.0 Å². The monoisotopic (exact) mass is 400 g/mol. The van der Waals surface area contributed by atoms with Crippen LogP contribution in [0.3, 0.4) is 0 Å². The van der Waals surface area contributed by atoms with Gasteiger partial charge in [-0.2, -0.15) is 9.67 Å². The highest BCUT2D eigenvalue weighted by Crippen LogP contribution is 2.19. The number of aromatic nitrogens is 3. The van der Waals surface area contributed by atoms with Gasteiger partial charge >= 0.3 is 0 Å². The number of hydrogen-bond donors (Lipinski definition) is 2. The van der Waals surface area contributed by atoms with Crippen LogP contribution in [0.2, 0.25) is 0 Å². The van der Waals surface area contributed by atoms with Crippen molar-refractivity contribution in [3.8, 4) is 0 Å². The average molecular weight is 400 g/mol. The molecular formula is C15H18F2N6O3S. The van der Waals surface area contributed by atoms with Crippen LogP contribution in [0.5, 0.6) is 0 Å². The predicted molar refractivity (Wildman–Crippen MR) is 93.6 cm³/mol. The van der Waals surface area contributed by atoms with Gasteiger partial charge in [0.05, 0.1) is 6.26 Å². The van der Waals surface area contributed by atoms with Crippen LogP contribution in [0, 0.1) is 11.6 Å². The Bertz CT molecular complexity index is 950. The number of nitrogens with two attached hydrogens (primary N) is 1. The van der Waals surface area contributed by atoms with E-state index in [1.807, 2.05) is 0 Å². The first-order valence-electron chi connectivity index (χ1n) is 8.09. The standard InChI is InChI=1S/C15H18F2N6O3S/c1-27(25,26)22-7-5-9(6-8-22)19-15-20-14(18)23(21-15)13(24)12-10(16)3-2-4-11(12)17/h2-4,9H,5-8H2,1H3,(H3,18,19,20,21). The molecule has 2 aromatic rings. The lowest BCUT2D eigenvalue weighted by atomic mass is 10.1. The summed E-state index contributed by atoms with van der Waals surface area (Å²) in [5.74, 6) is -3.43. The zero-order valence-electron chi connectivity index (χ0n) is 14.4. The van der Waals surface area contributed by atoms with E-state index in [-0.39, 0.29) is 17.9 Å². The van der Waals surface area contributed by atoms with Gasteiger partial charge in [0.2, 0.25) is 21.9 Å². The summed E-state index contributed by atoms with van der Waals surface area (Å²) in [7, 11) is -3.24. The molecule has 12 heteroatoms. The molecule has 3 N–H and O–H groups in total. The molecule has 1 fully saturated rings. The molecule has 0 radical (unpaired) electrons. The number of hydrogen-bond acceptors (Lipinski definition) is 7. The molecule has 27 heavy (non-hydrogen) atoms. The molecule has 1 aromatic carbocycles. The van der Waals surface area contributed by atoms with E-state index in [0.717, 1.165) is 24.5 Å². The van der Waals surface area contributed by atoms with E-state index in [0.29, 0.717) is 30.6 Å². The van der Waals surface area contributed by atoms with E-state index in [1.165, 1.54) is 4.31 Å². The second kappa shape index (κ2) is 7.19. The van der Waals surface area contributed by atoms with Crippen LogP contribution < -0.4 is 11.1 Å². The smallest absolute Gasteiger partial charge is 0.287 e. The number of benzene rings is 1. The largest absolute Gasteiger partial charge is 0.368 e. The van der Waals surface area contributed by atoms with Gasteiger partial charge in [0.15, 0.2) is 0 Å². The van der Waals surface area contributed by atoms with Crippen molar-refractivity contribution in [1.29, 1.82) is 0 Å². The van der Waals surface area contributed by atoms with Crippen molar-refractivity contribution in [2.45, 2.75) is 18.9 Å². The number of anilines is 2. The molecule has 2 heterocycles. The van der Waals surface area contributed by atoms with Gasteiger partial charge in [0, 0.05) is 19.1 Å². The van der Waals surface area contributed by atoms with E-state index in [1.54, 1.807) is 0 Å². The van der Waals surface area contributed by atoms with Gasteiger partial charge in [-0.15, -0.1) is 5.10 Å². The van der Waals surface area contributed by atoms with E-state index in [4.69, 9.17) is 5.73 Å². The Balaban J connectivity index is 1.73. The number of nitrogens with zero attached hydrogens (tertiary/aromatic N) is 4. The van der Waals surface area contributed by atoms with Crippen LogP contribution in [-0.4, -0.2) is 58.8 Å². The number of carbonyl (C=O) groups excluding carboxylic acids is 1. The summed E-state index contributed by atoms with van der Waals surface area (Å²) >= 11 is 0.